The maximum absolute atomic E-state index is 14.7. The van der Waals surface area contributed by atoms with Crippen LogP contribution in [0.2, 0.25) is 0 Å². The van der Waals surface area contributed by atoms with Crippen molar-refractivity contribution in [2.75, 3.05) is 7.05 Å². The third-order valence-electron chi connectivity index (χ3n) is 5.08. The predicted molar refractivity (Wildman–Crippen MR) is 139 cm³/mol. The van der Waals surface area contributed by atoms with Gasteiger partial charge in [0.2, 0.25) is 0 Å². The zero-order valence-corrected chi connectivity index (χ0v) is 20.9. The highest BCUT2D eigenvalue weighted by Crippen LogP contribution is 2.22. The number of aryl methyl sites for hydroxylation is 1. The molecule has 1 aliphatic rings. The van der Waals surface area contributed by atoms with Crippen molar-refractivity contribution >= 4 is 24.9 Å². The Labute approximate surface area is 206 Å². The largest absolute Gasteiger partial charge is 0.444 e. The number of alkyl carbamates (subject to hydrolysis) is 1. The molecule has 0 unspecified atom stereocenters. The molecule has 0 fully saturated rings. The first kappa shape index (κ1) is 27.5. The Balaban J connectivity index is 2.52. The van der Waals surface area contributed by atoms with E-state index in [9.17, 15) is 9.18 Å². The van der Waals surface area contributed by atoms with Crippen LogP contribution in [0.25, 0.3) is 0 Å². The zero-order chi connectivity index (χ0) is 25.8. The molecule has 1 heterocycles. The molecular formula is C26H35FN6O2. The molecule has 1 amide bonds. The number of fused-ring (bicyclic) bond motifs is 1. The van der Waals surface area contributed by atoms with E-state index < -0.39 is 11.7 Å². The first-order valence-corrected chi connectivity index (χ1v) is 11.5. The van der Waals surface area contributed by atoms with E-state index in [0.717, 1.165) is 17.6 Å². The van der Waals surface area contributed by atoms with Crippen LogP contribution in [-0.2, 0) is 17.7 Å². The highest BCUT2D eigenvalue weighted by atomic mass is 19.1. The number of hydrogen-bond donors (Lipinski definition) is 4. The quantitative estimate of drug-likeness (QED) is 0.347. The Morgan fingerprint density at radius 1 is 1.34 bits per heavy atom. The minimum absolute atomic E-state index is 0.221. The van der Waals surface area contributed by atoms with Gasteiger partial charge in [0.25, 0.3) is 0 Å². The number of rotatable bonds is 6. The van der Waals surface area contributed by atoms with Gasteiger partial charge in [0.15, 0.2) is 5.84 Å². The number of nitrogens with zero attached hydrogens (tertiary/aromatic N) is 2. The summed E-state index contributed by atoms with van der Waals surface area (Å²) in [6, 6.07) is 5.07. The second-order valence-corrected chi connectivity index (χ2v) is 9.04. The first-order valence-electron chi connectivity index (χ1n) is 11.5. The summed E-state index contributed by atoms with van der Waals surface area (Å²) in [5.41, 5.74) is 3.07. The SMILES string of the molecule is C=NN=C1NCc2c(F)cccc2CCCC(=C\NC(=O)OC(C)(C)C)/C=C\1C/C(C=N)=C/NC. The summed E-state index contributed by atoms with van der Waals surface area (Å²) in [5.74, 6) is 0.117. The summed E-state index contributed by atoms with van der Waals surface area (Å²) in [6.45, 7) is 9.09. The second-order valence-electron chi connectivity index (χ2n) is 9.04. The molecule has 0 spiro atoms. The summed E-state index contributed by atoms with van der Waals surface area (Å²) in [7, 11) is 1.75. The molecule has 9 heteroatoms. The number of halogens is 1. The van der Waals surface area contributed by atoms with Crippen LogP contribution in [0.3, 0.4) is 0 Å². The van der Waals surface area contributed by atoms with Gasteiger partial charge in [-0.25, -0.2) is 9.18 Å². The molecule has 8 nitrogen and oxygen atoms in total. The molecule has 4 N–H and O–H groups in total. The van der Waals surface area contributed by atoms with E-state index in [1.165, 1.54) is 12.3 Å². The van der Waals surface area contributed by atoms with E-state index in [2.05, 4.69) is 32.9 Å². The second kappa shape index (κ2) is 13.2. The number of nitrogens with one attached hydrogen (secondary N) is 4. The maximum Gasteiger partial charge on any atom is 0.411 e. The summed E-state index contributed by atoms with van der Waals surface area (Å²) >= 11 is 0. The van der Waals surface area contributed by atoms with Crippen LogP contribution < -0.4 is 16.0 Å². The number of hydrogen-bond acceptors (Lipinski definition) is 6. The number of benzene rings is 1. The number of carbonyl (C=O) groups is 1. The van der Waals surface area contributed by atoms with Gasteiger partial charge in [-0.3, -0.25) is 5.32 Å². The van der Waals surface area contributed by atoms with Crippen LogP contribution in [0.4, 0.5) is 9.18 Å². The van der Waals surface area contributed by atoms with Gasteiger partial charge < -0.3 is 20.8 Å². The van der Waals surface area contributed by atoms with Crippen molar-refractivity contribution in [2.45, 2.75) is 58.6 Å². The normalized spacial score (nSPS) is 18.9. The monoisotopic (exact) mass is 482 g/mol. The fraction of sp³-hybridized carbons (Fsp3) is 0.385. The van der Waals surface area contributed by atoms with Crippen LogP contribution in [0, 0.1) is 11.2 Å². The van der Waals surface area contributed by atoms with Gasteiger partial charge in [-0.2, -0.15) is 5.10 Å². The van der Waals surface area contributed by atoms with E-state index in [4.69, 9.17) is 10.1 Å². The Bertz CT molecular complexity index is 1050. The van der Waals surface area contributed by atoms with E-state index in [1.807, 2.05) is 12.1 Å². The third kappa shape index (κ3) is 9.19. The highest BCUT2D eigenvalue weighted by Gasteiger charge is 2.17. The molecule has 0 saturated carbocycles. The van der Waals surface area contributed by atoms with Crippen LogP contribution in [-0.4, -0.2) is 37.5 Å². The van der Waals surface area contributed by atoms with Gasteiger partial charge in [-0.1, -0.05) is 18.2 Å². The molecule has 0 aromatic heterocycles. The van der Waals surface area contributed by atoms with Crippen molar-refractivity contribution < 1.29 is 13.9 Å². The molecular weight excluding hydrogens is 447 g/mol. The zero-order valence-electron chi connectivity index (χ0n) is 20.9. The number of allylic oxidation sites excluding steroid dienone is 3. The van der Waals surface area contributed by atoms with Crippen molar-refractivity contribution in [1.29, 1.82) is 5.41 Å². The average molecular weight is 483 g/mol. The van der Waals surface area contributed by atoms with E-state index in [-0.39, 0.29) is 12.4 Å². The fourth-order valence-electron chi connectivity index (χ4n) is 3.60. The molecule has 0 aliphatic carbocycles. The minimum atomic E-state index is -0.623. The molecule has 1 aliphatic heterocycles. The van der Waals surface area contributed by atoms with Gasteiger partial charge >= 0.3 is 6.09 Å². The Kier molecular flexibility index (Phi) is 10.4. The summed E-state index contributed by atoms with van der Waals surface area (Å²) in [5, 5.41) is 24.5. The fourth-order valence-corrected chi connectivity index (χ4v) is 3.60. The van der Waals surface area contributed by atoms with Crippen LogP contribution >= 0.6 is 0 Å². The van der Waals surface area contributed by atoms with Crippen molar-refractivity contribution in [3.63, 3.8) is 0 Å². The number of carbonyl (C=O) groups excluding carboxylic acids is 1. The molecule has 1 aromatic carbocycles. The minimum Gasteiger partial charge on any atom is -0.444 e. The summed E-state index contributed by atoms with van der Waals surface area (Å²) in [6.07, 6.45) is 8.28. The lowest BCUT2D eigenvalue weighted by Crippen LogP contribution is -2.30. The van der Waals surface area contributed by atoms with Crippen LogP contribution in [0.15, 0.2) is 63.6 Å². The molecule has 188 valence electrons. The van der Waals surface area contributed by atoms with Crippen molar-refractivity contribution in [1.82, 2.24) is 16.0 Å². The van der Waals surface area contributed by atoms with Crippen LogP contribution in [0.1, 0.15) is 51.2 Å². The topological polar surface area (TPSA) is 111 Å². The molecule has 0 radical (unpaired) electrons. The lowest BCUT2D eigenvalue weighted by molar-refractivity contribution is 0.0552. The summed E-state index contributed by atoms with van der Waals surface area (Å²) in [4.78, 5) is 12.2. The smallest absolute Gasteiger partial charge is 0.411 e. The van der Waals surface area contributed by atoms with Gasteiger partial charge in [0.1, 0.15) is 11.4 Å². The highest BCUT2D eigenvalue weighted by molar-refractivity contribution is 6.00. The standard InChI is InChI=1S/C26H35FN6O2/c1-26(2,3)35-25(34)32-16-18-8-6-9-20-10-7-11-23(27)22(20)17-31-24(33-30-5)21(12-18)13-19(14-28)15-29-4/h7,10-12,14-16,28-29H,5-6,8-9,13,17H2,1-4H3,(H,31,33)(H,32,34)/b18-16+,19-15-,21-12-,28-14?. The molecule has 0 saturated heterocycles. The summed E-state index contributed by atoms with van der Waals surface area (Å²) < 4.78 is 20.0. The molecule has 0 bridgehead atoms. The van der Waals surface area contributed by atoms with Gasteiger partial charge in [0.05, 0.1) is 0 Å². The number of amides is 1. The third-order valence-corrected chi connectivity index (χ3v) is 5.08. The number of ether oxygens (including phenoxy) is 1. The molecule has 1 aromatic rings. The average Bonchev–Trinajstić information content (AvgIpc) is 2.81. The van der Waals surface area contributed by atoms with Gasteiger partial charge in [0, 0.05) is 56.5 Å². The lowest BCUT2D eigenvalue weighted by atomic mass is 9.98. The van der Waals surface area contributed by atoms with Crippen molar-refractivity contribution in [2.24, 2.45) is 10.2 Å². The molecule has 35 heavy (non-hydrogen) atoms. The van der Waals surface area contributed by atoms with Gasteiger partial charge in [-0.15, -0.1) is 5.10 Å². The Morgan fingerprint density at radius 3 is 2.77 bits per heavy atom. The lowest BCUT2D eigenvalue weighted by Gasteiger charge is -2.19. The molecule has 0 atom stereocenters. The Morgan fingerprint density at radius 2 is 2.11 bits per heavy atom. The van der Waals surface area contributed by atoms with Crippen molar-refractivity contribution in [3.05, 3.63) is 70.3 Å². The Hall–Kier alpha value is -3.75. The molecule has 2 rings (SSSR count). The first-order chi connectivity index (χ1) is 16.7. The van der Waals surface area contributed by atoms with E-state index in [0.29, 0.717) is 41.8 Å². The van der Waals surface area contributed by atoms with Gasteiger partial charge in [-0.05, 0) is 62.8 Å². The predicted octanol–water partition coefficient (Wildman–Crippen LogP) is 4.74. The van der Waals surface area contributed by atoms with E-state index in [1.54, 1.807) is 46.3 Å². The van der Waals surface area contributed by atoms with Crippen LogP contribution in [0.5, 0.6) is 0 Å². The number of amidine groups is 1. The van der Waals surface area contributed by atoms with Crippen molar-refractivity contribution in [3.8, 4) is 0 Å². The van der Waals surface area contributed by atoms with E-state index >= 15 is 0 Å². The maximum atomic E-state index is 14.7.